The fourth-order valence-corrected chi connectivity index (χ4v) is 5.12. The van der Waals surface area contributed by atoms with Gasteiger partial charge in [-0.1, -0.05) is 16.8 Å². The SMILES string of the molecule is CNC[C@@H](O)COc1ccc(Cl)c(-c2nc(-c3c(C)noc3C)c(C)c(N3CCC4(C3)OCCO4)n2)c1. The summed E-state index contributed by atoms with van der Waals surface area (Å²) in [5.74, 6) is 1.88. The third kappa shape index (κ3) is 5.17. The molecule has 2 aliphatic rings. The lowest BCUT2D eigenvalue weighted by atomic mass is 10.0. The number of aryl methyl sites for hydroxylation is 2. The Balaban J connectivity index is 1.57. The predicted molar refractivity (Wildman–Crippen MR) is 139 cm³/mol. The first-order chi connectivity index (χ1) is 17.8. The molecular formula is C26H32ClN5O5. The van der Waals surface area contributed by atoms with E-state index in [9.17, 15) is 5.11 Å². The highest BCUT2D eigenvalue weighted by Crippen LogP contribution is 2.40. The molecule has 2 N–H and O–H groups in total. The Hall–Kier alpha value is -2.76. The minimum atomic E-state index is -0.639. The lowest BCUT2D eigenvalue weighted by molar-refractivity contribution is -0.137. The highest BCUT2D eigenvalue weighted by molar-refractivity contribution is 6.33. The summed E-state index contributed by atoms with van der Waals surface area (Å²) in [5, 5.41) is 17.6. The number of aliphatic hydroxyl groups is 1. The van der Waals surface area contributed by atoms with E-state index in [0.29, 0.717) is 54.2 Å². The molecular weight excluding hydrogens is 498 g/mol. The number of hydrogen-bond acceptors (Lipinski definition) is 10. The zero-order chi connectivity index (χ0) is 26.2. The number of ether oxygens (including phenoxy) is 3. The Morgan fingerprint density at radius 2 is 2.00 bits per heavy atom. The molecule has 2 aliphatic heterocycles. The van der Waals surface area contributed by atoms with Gasteiger partial charge in [0, 0.05) is 30.6 Å². The van der Waals surface area contributed by atoms with E-state index in [0.717, 1.165) is 41.3 Å². The van der Waals surface area contributed by atoms with Gasteiger partial charge in [-0.25, -0.2) is 9.97 Å². The summed E-state index contributed by atoms with van der Waals surface area (Å²) in [5.41, 5.74) is 3.85. The maximum absolute atomic E-state index is 10.0. The normalized spacial score (nSPS) is 17.6. The summed E-state index contributed by atoms with van der Waals surface area (Å²) in [4.78, 5) is 12.1. The maximum atomic E-state index is 10.0. The van der Waals surface area contributed by atoms with Gasteiger partial charge < -0.3 is 34.1 Å². The molecule has 0 aliphatic carbocycles. The molecule has 37 heavy (non-hydrogen) atoms. The molecule has 11 heteroatoms. The van der Waals surface area contributed by atoms with Crippen LogP contribution >= 0.6 is 11.6 Å². The van der Waals surface area contributed by atoms with Gasteiger partial charge in [0.15, 0.2) is 11.6 Å². The molecule has 2 saturated heterocycles. The second-order valence-corrected chi connectivity index (χ2v) is 9.89. The molecule has 2 fully saturated rings. The third-order valence-electron chi connectivity index (χ3n) is 6.76. The molecule has 1 aromatic carbocycles. The molecule has 0 amide bonds. The van der Waals surface area contributed by atoms with Crippen LogP contribution < -0.4 is 15.0 Å². The van der Waals surface area contributed by atoms with Crippen molar-refractivity contribution in [3.05, 3.63) is 40.2 Å². The first-order valence-electron chi connectivity index (χ1n) is 12.4. The van der Waals surface area contributed by atoms with E-state index in [2.05, 4.69) is 15.4 Å². The molecule has 1 spiro atoms. The largest absolute Gasteiger partial charge is 0.491 e. The molecule has 0 unspecified atom stereocenters. The molecule has 5 rings (SSSR count). The number of rotatable bonds is 8. The summed E-state index contributed by atoms with van der Waals surface area (Å²) in [6.07, 6.45) is 0.117. The smallest absolute Gasteiger partial charge is 0.187 e. The number of hydrogen-bond donors (Lipinski definition) is 2. The Bertz CT molecular complexity index is 1260. The predicted octanol–water partition coefficient (Wildman–Crippen LogP) is 3.29. The Kier molecular flexibility index (Phi) is 7.37. The van der Waals surface area contributed by atoms with Gasteiger partial charge in [-0.3, -0.25) is 0 Å². The van der Waals surface area contributed by atoms with Crippen molar-refractivity contribution in [2.45, 2.75) is 39.1 Å². The number of aliphatic hydroxyl groups excluding tert-OH is 1. The van der Waals surface area contributed by atoms with E-state index in [-0.39, 0.29) is 6.61 Å². The Morgan fingerprint density at radius 3 is 2.70 bits per heavy atom. The minimum Gasteiger partial charge on any atom is -0.491 e. The average Bonchev–Trinajstić information content (AvgIpc) is 3.61. The number of anilines is 1. The van der Waals surface area contributed by atoms with Crippen molar-refractivity contribution in [2.75, 3.05) is 51.4 Å². The van der Waals surface area contributed by atoms with Gasteiger partial charge in [0.25, 0.3) is 0 Å². The summed E-state index contributed by atoms with van der Waals surface area (Å²) >= 11 is 6.65. The topological polar surface area (TPSA) is 115 Å². The van der Waals surface area contributed by atoms with E-state index in [1.165, 1.54) is 0 Å². The monoisotopic (exact) mass is 529 g/mol. The minimum absolute atomic E-state index is 0.141. The Labute approximate surface area is 220 Å². The van der Waals surface area contributed by atoms with Crippen molar-refractivity contribution in [1.29, 1.82) is 0 Å². The number of halogens is 1. The van der Waals surface area contributed by atoms with Crippen LogP contribution in [0, 0.1) is 20.8 Å². The summed E-state index contributed by atoms with van der Waals surface area (Å²) in [7, 11) is 1.78. The van der Waals surface area contributed by atoms with Crippen LogP contribution in [-0.4, -0.2) is 78.6 Å². The fourth-order valence-electron chi connectivity index (χ4n) is 4.92. The van der Waals surface area contributed by atoms with Gasteiger partial charge in [-0.2, -0.15) is 0 Å². The van der Waals surface area contributed by atoms with Gasteiger partial charge in [0.05, 0.1) is 41.7 Å². The summed E-state index contributed by atoms with van der Waals surface area (Å²) in [6, 6.07) is 5.32. The quantitative estimate of drug-likeness (QED) is 0.450. The number of nitrogens with one attached hydrogen (secondary N) is 1. The van der Waals surface area contributed by atoms with Crippen LogP contribution in [0.15, 0.2) is 22.7 Å². The van der Waals surface area contributed by atoms with E-state index >= 15 is 0 Å². The second kappa shape index (κ2) is 10.5. The van der Waals surface area contributed by atoms with Crippen LogP contribution in [0.4, 0.5) is 5.82 Å². The first-order valence-corrected chi connectivity index (χ1v) is 12.8. The third-order valence-corrected chi connectivity index (χ3v) is 7.09. The molecule has 10 nitrogen and oxygen atoms in total. The van der Waals surface area contributed by atoms with Crippen LogP contribution in [-0.2, 0) is 9.47 Å². The summed E-state index contributed by atoms with van der Waals surface area (Å²) in [6.45, 7) is 8.85. The molecule has 3 aromatic rings. The van der Waals surface area contributed by atoms with E-state index in [4.69, 9.17) is 40.3 Å². The van der Waals surface area contributed by atoms with Crippen LogP contribution in [0.25, 0.3) is 22.6 Å². The fraction of sp³-hybridized carbons (Fsp3) is 0.500. The van der Waals surface area contributed by atoms with Gasteiger partial charge in [-0.15, -0.1) is 0 Å². The van der Waals surface area contributed by atoms with Gasteiger partial charge in [0.2, 0.25) is 0 Å². The Morgan fingerprint density at radius 1 is 1.22 bits per heavy atom. The molecule has 0 radical (unpaired) electrons. The van der Waals surface area contributed by atoms with Gasteiger partial charge >= 0.3 is 0 Å². The highest BCUT2D eigenvalue weighted by atomic mass is 35.5. The molecule has 0 bridgehead atoms. The number of nitrogens with zero attached hydrogens (tertiary/aromatic N) is 4. The summed E-state index contributed by atoms with van der Waals surface area (Å²) < 4.78 is 23.2. The zero-order valence-electron chi connectivity index (χ0n) is 21.5. The number of likely N-dealkylation sites (N-methyl/N-ethyl adjacent to an activating group) is 1. The van der Waals surface area contributed by atoms with Crippen molar-refractivity contribution in [3.63, 3.8) is 0 Å². The van der Waals surface area contributed by atoms with Crippen LogP contribution in [0.2, 0.25) is 5.02 Å². The van der Waals surface area contributed by atoms with Gasteiger partial charge in [-0.05, 0) is 46.0 Å². The lowest BCUT2D eigenvalue weighted by Gasteiger charge is -2.25. The molecule has 198 valence electrons. The second-order valence-electron chi connectivity index (χ2n) is 9.49. The highest BCUT2D eigenvalue weighted by Gasteiger charge is 2.44. The lowest BCUT2D eigenvalue weighted by Crippen LogP contribution is -2.34. The zero-order valence-corrected chi connectivity index (χ0v) is 22.3. The number of aromatic nitrogens is 3. The van der Waals surface area contributed by atoms with Gasteiger partial charge in [0.1, 0.15) is 30.0 Å². The molecule has 4 heterocycles. The first kappa shape index (κ1) is 25.9. The van der Waals surface area contributed by atoms with E-state index < -0.39 is 11.9 Å². The molecule has 0 saturated carbocycles. The average molecular weight is 530 g/mol. The standard InChI is InChI=1S/C26H32ClN5O5/c1-15-23(22-16(2)31-37-17(22)3)29-24(30-25(15)32-8-7-26(14-32)35-9-10-36-26)20-11-19(5-6-21(20)27)34-13-18(33)12-28-4/h5-6,11,18,28,33H,7-10,12-14H2,1-4H3/t18-/m1/s1. The van der Waals surface area contributed by atoms with Crippen LogP contribution in [0.3, 0.4) is 0 Å². The van der Waals surface area contributed by atoms with Crippen molar-refractivity contribution >= 4 is 17.4 Å². The van der Waals surface area contributed by atoms with Crippen molar-refractivity contribution in [1.82, 2.24) is 20.4 Å². The van der Waals surface area contributed by atoms with Crippen LogP contribution in [0.1, 0.15) is 23.4 Å². The van der Waals surface area contributed by atoms with Crippen molar-refractivity contribution in [3.8, 4) is 28.4 Å². The van der Waals surface area contributed by atoms with Crippen molar-refractivity contribution < 1.29 is 23.8 Å². The molecule has 1 atom stereocenters. The van der Waals surface area contributed by atoms with Crippen molar-refractivity contribution in [2.24, 2.45) is 0 Å². The molecule has 2 aromatic heterocycles. The van der Waals surface area contributed by atoms with E-state index in [1.54, 1.807) is 25.2 Å². The maximum Gasteiger partial charge on any atom is 0.187 e. The van der Waals surface area contributed by atoms with Crippen LogP contribution in [0.5, 0.6) is 5.75 Å². The number of benzene rings is 1. The van der Waals surface area contributed by atoms with E-state index in [1.807, 2.05) is 20.8 Å².